The number of fused-ring (bicyclic) bond motifs is 1. The molecule has 0 saturated carbocycles. The molecule has 0 fully saturated rings. The van der Waals surface area contributed by atoms with Crippen LogP contribution in [-0.4, -0.2) is 12.4 Å². The van der Waals surface area contributed by atoms with Crippen LogP contribution in [0.2, 0.25) is 0 Å². The van der Waals surface area contributed by atoms with Gasteiger partial charge in [0, 0.05) is 11.5 Å². The highest BCUT2D eigenvalue weighted by molar-refractivity contribution is 7.98. The first-order valence-electron chi connectivity index (χ1n) is 7.02. The molecule has 3 heteroatoms. The van der Waals surface area contributed by atoms with Crippen LogP contribution < -0.4 is 10.1 Å². The quantitative estimate of drug-likeness (QED) is 0.894. The third-order valence-corrected chi connectivity index (χ3v) is 4.57. The van der Waals surface area contributed by atoms with E-state index in [2.05, 4.69) is 35.6 Å². The maximum atomic E-state index is 5.70. The fraction of sp³-hybridized carbons (Fsp3) is 0.294. The molecular weight excluding hydrogens is 266 g/mol. The van der Waals surface area contributed by atoms with Gasteiger partial charge in [-0.05, 0) is 30.2 Å². The van der Waals surface area contributed by atoms with Crippen molar-refractivity contribution >= 4 is 17.4 Å². The predicted octanol–water partition coefficient (Wildman–Crippen LogP) is 4.49. The molecule has 0 saturated heterocycles. The molecule has 0 aromatic heterocycles. The van der Waals surface area contributed by atoms with Crippen molar-refractivity contribution in [1.29, 1.82) is 0 Å². The number of thioether (sulfide) groups is 1. The third-order valence-electron chi connectivity index (χ3n) is 3.49. The highest BCUT2D eigenvalue weighted by Crippen LogP contribution is 2.35. The highest BCUT2D eigenvalue weighted by Gasteiger charge is 2.20. The molecule has 3 rings (SSSR count). The Morgan fingerprint density at radius 1 is 1.15 bits per heavy atom. The fourth-order valence-electron chi connectivity index (χ4n) is 2.56. The molecule has 2 nitrogen and oxygen atoms in total. The summed E-state index contributed by atoms with van der Waals surface area (Å²) in [7, 11) is 0. The molecule has 0 amide bonds. The Morgan fingerprint density at radius 2 is 1.95 bits per heavy atom. The summed E-state index contributed by atoms with van der Waals surface area (Å²) in [6, 6.07) is 17.2. The summed E-state index contributed by atoms with van der Waals surface area (Å²) < 4.78 is 5.70. The molecule has 1 unspecified atom stereocenters. The first-order valence-corrected chi connectivity index (χ1v) is 8.18. The van der Waals surface area contributed by atoms with E-state index in [-0.39, 0.29) is 0 Å². The smallest absolute Gasteiger partial charge is 0.142 e. The maximum absolute atomic E-state index is 5.70. The van der Waals surface area contributed by atoms with Crippen molar-refractivity contribution in [3.05, 3.63) is 59.7 Å². The Morgan fingerprint density at radius 3 is 2.85 bits per heavy atom. The lowest BCUT2D eigenvalue weighted by molar-refractivity contribution is 0.341. The molecule has 0 bridgehead atoms. The molecular formula is C17H19NOS. The van der Waals surface area contributed by atoms with Gasteiger partial charge in [0.1, 0.15) is 5.75 Å². The topological polar surface area (TPSA) is 21.3 Å². The van der Waals surface area contributed by atoms with E-state index in [9.17, 15) is 0 Å². The van der Waals surface area contributed by atoms with Gasteiger partial charge < -0.3 is 10.1 Å². The van der Waals surface area contributed by atoms with E-state index >= 15 is 0 Å². The second-order valence-electron chi connectivity index (χ2n) is 4.84. The third kappa shape index (κ3) is 2.78. The second kappa shape index (κ2) is 6.23. The molecule has 1 N–H and O–H groups in total. The zero-order valence-electron chi connectivity index (χ0n) is 11.6. The number of nitrogens with one attached hydrogen (secondary N) is 1. The Balaban J connectivity index is 1.86. The molecule has 1 aliphatic rings. The van der Waals surface area contributed by atoms with Crippen molar-refractivity contribution in [1.82, 2.24) is 0 Å². The zero-order valence-corrected chi connectivity index (χ0v) is 12.5. The number of rotatable bonds is 4. The molecule has 1 aliphatic heterocycles. The maximum Gasteiger partial charge on any atom is 0.142 e. The molecule has 1 heterocycles. The summed E-state index contributed by atoms with van der Waals surface area (Å²) in [5.74, 6) is 3.14. The van der Waals surface area contributed by atoms with Crippen LogP contribution in [0.3, 0.4) is 0 Å². The summed E-state index contributed by atoms with van der Waals surface area (Å²) in [5, 5.41) is 3.64. The first-order chi connectivity index (χ1) is 9.88. The summed E-state index contributed by atoms with van der Waals surface area (Å²) >= 11 is 1.98. The molecule has 20 heavy (non-hydrogen) atoms. The number of benzene rings is 2. The van der Waals surface area contributed by atoms with Crippen LogP contribution >= 0.6 is 11.8 Å². The summed E-state index contributed by atoms with van der Waals surface area (Å²) in [6.45, 7) is 2.71. The Bertz CT molecular complexity index is 585. The number of ether oxygens (including phenoxy) is 1. The SMILES string of the molecule is CCOc1ccccc1NC1CSCc2ccccc21. The Labute approximate surface area is 124 Å². The minimum Gasteiger partial charge on any atom is -0.492 e. The van der Waals surface area contributed by atoms with Gasteiger partial charge in [-0.25, -0.2) is 0 Å². The monoisotopic (exact) mass is 285 g/mol. The molecule has 2 aromatic carbocycles. The average molecular weight is 285 g/mol. The van der Waals surface area contributed by atoms with Gasteiger partial charge in [-0.1, -0.05) is 36.4 Å². The van der Waals surface area contributed by atoms with Crippen LogP contribution in [0.5, 0.6) is 5.75 Å². The van der Waals surface area contributed by atoms with E-state index in [1.807, 2.05) is 36.9 Å². The van der Waals surface area contributed by atoms with Crippen LogP contribution in [0.1, 0.15) is 24.1 Å². The Kier molecular flexibility index (Phi) is 4.16. The lowest BCUT2D eigenvalue weighted by Crippen LogP contribution is -2.19. The lowest BCUT2D eigenvalue weighted by Gasteiger charge is -2.27. The largest absolute Gasteiger partial charge is 0.492 e. The number of para-hydroxylation sites is 2. The van der Waals surface area contributed by atoms with Crippen LogP contribution in [0.25, 0.3) is 0 Å². The van der Waals surface area contributed by atoms with Gasteiger partial charge in [0.2, 0.25) is 0 Å². The van der Waals surface area contributed by atoms with Gasteiger partial charge in [0.15, 0.2) is 0 Å². The van der Waals surface area contributed by atoms with Gasteiger partial charge in [0.05, 0.1) is 18.3 Å². The van der Waals surface area contributed by atoms with Gasteiger partial charge in [-0.2, -0.15) is 11.8 Å². The Hall–Kier alpha value is -1.61. The summed E-state index contributed by atoms with van der Waals surface area (Å²) in [6.07, 6.45) is 0. The zero-order chi connectivity index (χ0) is 13.8. The molecule has 0 aliphatic carbocycles. The predicted molar refractivity (Wildman–Crippen MR) is 86.6 cm³/mol. The van der Waals surface area contributed by atoms with Crippen molar-refractivity contribution in [3.63, 3.8) is 0 Å². The van der Waals surface area contributed by atoms with E-state index in [1.54, 1.807) is 0 Å². The van der Waals surface area contributed by atoms with Crippen LogP contribution in [0.4, 0.5) is 5.69 Å². The molecule has 104 valence electrons. The van der Waals surface area contributed by atoms with Gasteiger partial charge in [-0.15, -0.1) is 0 Å². The normalized spacial score (nSPS) is 17.4. The number of anilines is 1. The van der Waals surface area contributed by atoms with E-state index in [0.29, 0.717) is 12.6 Å². The van der Waals surface area contributed by atoms with Crippen molar-refractivity contribution in [2.24, 2.45) is 0 Å². The number of hydrogen-bond donors (Lipinski definition) is 1. The van der Waals surface area contributed by atoms with Crippen molar-refractivity contribution in [2.45, 2.75) is 18.7 Å². The average Bonchev–Trinajstić information content (AvgIpc) is 2.50. The van der Waals surface area contributed by atoms with E-state index in [0.717, 1.165) is 22.9 Å². The molecule has 0 spiro atoms. The second-order valence-corrected chi connectivity index (χ2v) is 5.87. The van der Waals surface area contributed by atoms with Gasteiger partial charge in [0.25, 0.3) is 0 Å². The van der Waals surface area contributed by atoms with E-state index in [1.165, 1.54) is 11.1 Å². The first kappa shape index (κ1) is 13.4. The molecule has 2 aromatic rings. The van der Waals surface area contributed by atoms with Crippen LogP contribution in [0, 0.1) is 0 Å². The van der Waals surface area contributed by atoms with Gasteiger partial charge >= 0.3 is 0 Å². The van der Waals surface area contributed by atoms with E-state index in [4.69, 9.17) is 4.74 Å². The van der Waals surface area contributed by atoms with Crippen LogP contribution in [-0.2, 0) is 5.75 Å². The highest BCUT2D eigenvalue weighted by atomic mass is 32.2. The van der Waals surface area contributed by atoms with Crippen molar-refractivity contribution in [3.8, 4) is 5.75 Å². The summed E-state index contributed by atoms with van der Waals surface area (Å²) in [4.78, 5) is 0. The fourth-order valence-corrected chi connectivity index (χ4v) is 3.66. The molecule has 1 atom stereocenters. The minimum atomic E-state index is 0.353. The molecule has 0 radical (unpaired) electrons. The minimum absolute atomic E-state index is 0.353. The number of hydrogen-bond acceptors (Lipinski definition) is 3. The standard InChI is InChI=1S/C17H19NOS/c1-2-19-17-10-6-5-9-15(17)18-16-12-20-11-13-7-3-4-8-14(13)16/h3-10,16,18H,2,11-12H2,1H3. The lowest BCUT2D eigenvalue weighted by atomic mass is 10.0. The van der Waals surface area contributed by atoms with E-state index < -0.39 is 0 Å². The summed E-state index contributed by atoms with van der Waals surface area (Å²) in [5.41, 5.74) is 3.93. The van der Waals surface area contributed by atoms with Gasteiger partial charge in [-0.3, -0.25) is 0 Å². The van der Waals surface area contributed by atoms with Crippen LogP contribution in [0.15, 0.2) is 48.5 Å². The van der Waals surface area contributed by atoms with Crippen molar-refractivity contribution < 1.29 is 4.74 Å². The van der Waals surface area contributed by atoms with Crippen molar-refractivity contribution in [2.75, 3.05) is 17.7 Å².